The molecule has 0 aliphatic heterocycles. The Bertz CT molecular complexity index is 246. The van der Waals surface area contributed by atoms with Gasteiger partial charge in [-0.3, -0.25) is 0 Å². The van der Waals surface area contributed by atoms with Crippen molar-refractivity contribution in [1.82, 2.24) is 9.97 Å². The molecule has 1 heterocycles. The van der Waals surface area contributed by atoms with Crippen LogP contribution in [-0.2, 0) is 0 Å². The summed E-state index contributed by atoms with van der Waals surface area (Å²) in [5.41, 5.74) is 0. The van der Waals surface area contributed by atoms with Gasteiger partial charge < -0.3 is 15.1 Å². The number of aromatic nitrogens is 2. The molecule has 0 aliphatic rings. The molecule has 1 aromatic rings. The standard InChI is InChI=1S/C4H5N3O2S/c1-10-4-3(7(8)9)5-2-6-4/h2H,1H3,(H,5,6). The molecule has 10 heavy (non-hydrogen) atoms. The molecule has 54 valence electrons. The third kappa shape index (κ3) is 1.10. The zero-order chi connectivity index (χ0) is 7.56. The third-order valence-electron chi connectivity index (χ3n) is 0.963. The zero-order valence-corrected chi connectivity index (χ0v) is 6.01. The zero-order valence-electron chi connectivity index (χ0n) is 5.20. The largest absolute Gasteiger partial charge is 0.395 e. The fourth-order valence-electron chi connectivity index (χ4n) is 0.555. The second-order valence-corrected chi connectivity index (χ2v) is 2.33. The van der Waals surface area contributed by atoms with Gasteiger partial charge in [0.05, 0.1) is 0 Å². The number of aromatic amines is 1. The first-order chi connectivity index (χ1) is 4.75. The lowest BCUT2D eigenvalue weighted by Gasteiger charge is -1.89. The lowest BCUT2D eigenvalue weighted by molar-refractivity contribution is -0.392. The number of nitrogens with one attached hydrogen (secondary N) is 1. The average Bonchev–Trinajstić information content (AvgIpc) is 2.33. The first-order valence-corrected chi connectivity index (χ1v) is 3.70. The molecule has 0 aromatic carbocycles. The van der Waals surface area contributed by atoms with E-state index in [9.17, 15) is 10.1 Å². The molecule has 0 unspecified atom stereocenters. The van der Waals surface area contributed by atoms with E-state index < -0.39 is 4.92 Å². The Balaban J connectivity index is 3.01. The highest BCUT2D eigenvalue weighted by Gasteiger charge is 2.14. The van der Waals surface area contributed by atoms with E-state index in [4.69, 9.17) is 0 Å². The molecule has 0 saturated carbocycles. The monoisotopic (exact) mass is 159 g/mol. The maximum absolute atomic E-state index is 10.2. The van der Waals surface area contributed by atoms with Gasteiger partial charge in [-0.1, -0.05) is 0 Å². The van der Waals surface area contributed by atoms with Gasteiger partial charge in [-0.15, -0.1) is 11.8 Å². The van der Waals surface area contributed by atoms with E-state index in [0.717, 1.165) is 0 Å². The van der Waals surface area contributed by atoms with Gasteiger partial charge in [-0.25, -0.2) is 0 Å². The fraction of sp³-hybridized carbons (Fsp3) is 0.250. The second-order valence-electron chi connectivity index (χ2n) is 1.52. The maximum Gasteiger partial charge on any atom is 0.395 e. The van der Waals surface area contributed by atoms with E-state index in [1.54, 1.807) is 6.26 Å². The SMILES string of the molecule is CSc1[nH]cnc1[N+](=O)[O-]. The highest BCUT2D eigenvalue weighted by molar-refractivity contribution is 7.98. The van der Waals surface area contributed by atoms with Crippen LogP contribution in [-0.4, -0.2) is 21.1 Å². The molecule has 5 nitrogen and oxygen atoms in total. The van der Waals surface area contributed by atoms with Gasteiger partial charge in [-0.05, 0) is 16.2 Å². The number of rotatable bonds is 2. The molecular weight excluding hydrogens is 154 g/mol. The summed E-state index contributed by atoms with van der Waals surface area (Å²) in [6.45, 7) is 0. The molecule has 1 aromatic heterocycles. The molecule has 6 heteroatoms. The van der Waals surface area contributed by atoms with E-state index >= 15 is 0 Å². The van der Waals surface area contributed by atoms with Crippen LogP contribution in [0.4, 0.5) is 5.82 Å². The summed E-state index contributed by atoms with van der Waals surface area (Å²) in [6.07, 6.45) is 3.06. The van der Waals surface area contributed by atoms with Gasteiger partial charge in [0, 0.05) is 0 Å². The Morgan fingerprint density at radius 3 is 3.00 bits per heavy atom. The van der Waals surface area contributed by atoms with Crippen molar-refractivity contribution in [3.8, 4) is 0 Å². The lowest BCUT2D eigenvalue weighted by Crippen LogP contribution is -1.88. The van der Waals surface area contributed by atoms with Gasteiger partial charge in [0.25, 0.3) is 0 Å². The highest BCUT2D eigenvalue weighted by atomic mass is 32.2. The first kappa shape index (κ1) is 7.07. The van der Waals surface area contributed by atoms with E-state index in [-0.39, 0.29) is 5.82 Å². The van der Waals surface area contributed by atoms with Crippen LogP contribution in [0.15, 0.2) is 11.4 Å². The summed E-state index contributed by atoms with van der Waals surface area (Å²) in [6, 6.07) is 0. The Labute approximate surface area is 61.0 Å². The van der Waals surface area contributed by atoms with Crippen LogP contribution >= 0.6 is 11.8 Å². The van der Waals surface area contributed by atoms with Crippen LogP contribution in [0.3, 0.4) is 0 Å². The molecule has 0 saturated heterocycles. The third-order valence-corrected chi connectivity index (χ3v) is 1.67. The fourth-order valence-corrected chi connectivity index (χ4v) is 1.04. The number of hydrogen-bond donors (Lipinski definition) is 1. The summed E-state index contributed by atoms with van der Waals surface area (Å²) in [4.78, 5) is 15.8. The van der Waals surface area contributed by atoms with E-state index in [2.05, 4.69) is 9.97 Å². The molecular formula is C4H5N3O2S. The van der Waals surface area contributed by atoms with Gasteiger partial charge in [0.2, 0.25) is 6.33 Å². The maximum atomic E-state index is 10.2. The van der Waals surface area contributed by atoms with Crippen LogP contribution < -0.4 is 0 Å². The van der Waals surface area contributed by atoms with Crippen molar-refractivity contribution < 1.29 is 4.92 Å². The van der Waals surface area contributed by atoms with Crippen LogP contribution in [0.25, 0.3) is 0 Å². The Morgan fingerprint density at radius 1 is 1.90 bits per heavy atom. The van der Waals surface area contributed by atoms with Crippen molar-refractivity contribution in [3.05, 3.63) is 16.4 Å². The Kier molecular flexibility index (Phi) is 1.91. The van der Waals surface area contributed by atoms with Crippen LogP contribution in [0.1, 0.15) is 0 Å². The molecule has 0 radical (unpaired) electrons. The molecule has 0 fully saturated rings. The summed E-state index contributed by atoms with van der Waals surface area (Å²) in [5, 5.41) is 10.6. The number of hydrogen-bond acceptors (Lipinski definition) is 4. The minimum absolute atomic E-state index is 0.104. The summed E-state index contributed by atoms with van der Waals surface area (Å²) in [5.74, 6) is -0.104. The quantitative estimate of drug-likeness (QED) is 0.397. The van der Waals surface area contributed by atoms with Crippen molar-refractivity contribution in [2.75, 3.05) is 6.26 Å². The normalized spacial score (nSPS) is 9.70. The minimum Gasteiger partial charge on any atom is -0.358 e. The molecule has 1 N–H and O–H groups in total. The average molecular weight is 159 g/mol. The molecule has 0 spiro atoms. The van der Waals surface area contributed by atoms with Crippen LogP contribution in [0, 0.1) is 10.1 Å². The topological polar surface area (TPSA) is 71.8 Å². The number of nitrogens with zero attached hydrogens (tertiary/aromatic N) is 2. The van der Waals surface area contributed by atoms with Crippen LogP contribution in [0.2, 0.25) is 0 Å². The number of thioether (sulfide) groups is 1. The highest BCUT2D eigenvalue weighted by Crippen LogP contribution is 2.21. The molecule has 0 amide bonds. The van der Waals surface area contributed by atoms with Crippen molar-refractivity contribution in [2.24, 2.45) is 0 Å². The number of H-pyrrole nitrogens is 1. The first-order valence-electron chi connectivity index (χ1n) is 2.47. The lowest BCUT2D eigenvalue weighted by atomic mass is 10.8. The smallest absolute Gasteiger partial charge is 0.358 e. The van der Waals surface area contributed by atoms with Crippen molar-refractivity contribution in [3.63, 3.8) is 0 Å². The summed E-state index contributed by atoms with van der Waals surface area (Å²) < 4.78 is 0. The minimum atomic E-state index is -0.512. The molecule has 0 bridgehead atoms. The summed E-state index contributed by atoms with van der Waals surface area (Å²) >= 11 is 1.27. The van der Waals surface area contributed by atoms with E-state index in [1.165, 1.54) is 18.1 Å². The van der Waals surface area contributed by atoms with E-state index in [0.29, 0.717) is 5.03 Å². The predicted molar refractivity (Wildman–Crippen MR) is 37.0 cm³/mol. The van der Waals surface area contributed by atoms with Crippen LogP contribution in [0.5, 0.6) is 0 Å². The summed E-state index contributed by atoms with van der Waals surface area (Å²) in [7, 11) is 0. The molecule has 0 atom stereocenters. The Morgan fingerprint density at radius 2 is 2.60 bits per heavy atom. The van der Waals surface area contributed by atoms with Gasteiger partial charge >= 0.3 is 5.82 Å². The van der Waals surface area contributed by atoms with Crippen molar-refractivity contribution in [1.29, 1.82) is 0 Å². The predicted octanol–water partition coefficient (Wildman–Crippen LogP) is 1.04. The van der Waals surface area contributed by atoms with Gasteiger partial charge in [0.1, 0.15) is 0 Å². The van der Waals surface area contributed by atoms with Gasteiger partial charge in [0.15, 0.2) is 5.03 Å². The number of nitro groups is 1. The Hall–Kier alpha value is -1.04. The van der Waals surface area contributed by atoms with Crippen molar-refractivity contribution >= 4 is 17.6 Å². The van der Waals surface area contributed by atoms with Crippen molar-refractivity contribution in [2.45, 2.75) is 5.03 Å². The molecule has 0 aliphatic carbocycles. The second kappa shape index (κ2) is 2.70. The molecule has 1 rings (SSSR count). The van der Waals surface area contributed by atoms with Gasteiger partial charge in [-0.2, -0.15) is 0 Å². The number of imidazole rings is 1. The van der Waals surface area contributed by atoms with E-state index in [1.807, 2.05) is 0 Å².